The monoisotopic (exact) mass is 534 g/mol. The number of carbonyl (C=O) groups is 2. The molecule has 0 spiro atoms. The molecule has 1 atom stereocenters. The van der Waals surface area contributed by atoms with Gasteiger partial charge >= 0.3 is 5.91 Å². The van der Waals surface area contributed by atoms with Crippen molar-refractivity contribution >= 4 is 60.1 Å². The minimum Gasteiger partial charge on any atom is -0.507 e. The fraction of sp³-hybridized carbons (Fsp3) is 0.115. The van der Waals surface area contributed by atoms with Gasteiger partial charge in [0.2, 0.25) is 0 Å². The predicted octanol–water partition coefficient (Wildman–Crippen LogP) is 6.00. The molecule has 0 saturated carbocycles. The zero-order valence-electron chi connectivity index (χ0n) is 18.3. The van der Waals surface area contributed by atoms with Crippen LogP contribution in [0.15, 0.2) is 76.8 Å². The number of nitrogens with zero attached hydrogens (tertiary/aromatic N) is 2. The number of amides is 1. The fourth-order valence-electron chi connectivity index (χ4n) is 4.05. The zero-order valence-corrected chi connectivity index (χ0v) is 20.7. The lowest BCUT2D eigenvalue weighted by atomic mass is 9.95. The molecular formula is C26H19BrN2O4S. The average Bonchev–Trinajstić information content (AvgIpc) is 3.36. The number of ketones is 1. The number of halogens is 1. The van der Waals surface area contributed by atoms with Gasteiger partial charge in [-0.05, 0) is 66.6 Å². The van der Waals surface area contributed by atoms with E-state index in [9.17, 15) is 14.7 Å². The lowest BCUT2D eigenvalue weighted by Crippen LogP contribution is -2.29. The van der Waals surface area contributed by atoms with Crippen LogP contribution in [0.1, 0.15) is 22.7 Å². The van der Waals surface area contributed by atoms with Crippen LogP contribution in [0.5, 0.6) is 5.75 Å². The average molecular weight is 535 g/mol. The lowest BCUT2D eigenvalue weighted by molar-refractivity contribution is -0.132. The fourth-order valence-corrected chi connectivity index (χ4v) is 5.56. The molecule has 2 heterocycles. The first-order chi connectivity index (χ1) is 16.4. The van der Waals surface area contributed by atoms with Crippen LogP contribution >= 0.6 is 27.3 Å². The molecule has 3 aromatic carbocycles. The second kappa shape index (κ2) is 8.70. The van der Waals surface area contributed by atoms with Crippen LogP contribution < -0.4 is 9.64 Å². The van der Waals surface area contributed by atoms with E-state index < -0.39 is 17.7 Å². The number of rotatable bonds is 4. The maximum absolute atomic E-state index is 13.3. The molecule has 0 unspecified atom stereocenters. The number of ether oxygens (including phenoxy) is 1. The Morgan fingerprint density at radius 1 is 1.09 bits per heavy atom. The number of Topliss-reactive ketones (excluding diaryl/α,β-unsaturated/α-hetero) is 1. The number of aromatic nitrogens is 1. The first-order valence-corrected chi connectivity index (χ1v) is 12.1. The van der Waals surface area contributed by atoms with Crippen LogP contribution in [0.2, 0.25) is 0 Å². The van der Waals surface area contributed by atoms with Crippen LogP contribution in [0.4, 0.5) is 5.13 Å². The van der Waals surface area contributed by atoms with Crippen LogP contribution in [0.25, 0.3) is 16.0 Å². The second-order valence-electron chi connectivity index (χ2n) is 7.92. The number of fused-ring (bicyclic) bond motifs is 1. The third-order valence-corrected chi connectivity index (χ3v) is 7.22. The van der Waals surface area contributed by atoms with E-state index in [1.165, 1.54) is 16.2 Å². The number of aryl methyl sites for hydroxylation is 1. The molecule has 1 fully saturated rings. The predicted molar refractivity (Wildman–Crippen MR) is 136 cm³/mol. The number of aliphatic hydroxyl groups is 1. The van der Waals surface area contributed by atoms with E-state index >= 15 is 0 Å². The van der Waals surface area contributed by atoms with Crippen molar-refractivity contribution in [1.29, 1.82) is 0 Å². The van der Waals surface area contributed by atoms with Gasteiger partial charge in [0.1, 0.15) is 11.5 Å². The number of benzene rings is 3. The topological polar surface area (TPSA) is 79.7 Å². The van der Waals surface area contributed by atoms with Gasteiger partial charge in [-0.25, -0.2) is 4.98 Å². The smallest absolute Gasteiger partial charge is 0.301 e. The minimum atomic E-state index is -0.832. The van der Waals surface area contributed by atoms with E-state index in [0.717, 1.165) is 20.3 Å². The maximum Gasteiger partial charge on any atom is 0.301 e. The van der Waals surface area contributed by atoms with Gasteiger partial charge in [0.15, 0.2) is 5.13 Å². The number of anilines is 1. The van der Waals surface area contributed by atoms with Gasteiger partial charge < -0.3 is 9.84 Å². The minimum absolute atomic E-state index is 0.0173. The summed E-state index contributed by atoms with van der Waals surface area (Å²) in [6, 6.07) is 19.1. The molecule has 1 aromatic heterocycles. The molecule has 1 aliphatic heterocycles. The molecule has 8 heteroatoms. The molecule has 1 aliphatic rings. The Labute approximate surface area is 208 Å². The van der Waals surface area contributed by atoms with E-state index in [4.69, 9.17) is 4.74 Å². The summed E-state index contributed by atoms with van der Waals surface area (Å²) < 4.78 is 6.90. The first kappa shape index (κ1) is 22.3. The van der Waals surface area contributed by atoms with Crippen molar-refractivity contribution in [3.63, 3.8) is 0 Å². The highest BCUT2D eigenvalue weighted by Crippen LogP contribution is 2.44. The Morgan fingerprint density at radius 3 is 2.56 bits per heavy atom. The summed E-state index contributed by atoms with van der Waals surface area (Å²) in [6.07, 6.45) is 0. The number of aliphatic hydroxyl groups excluding tert-OH is 1. The van der Waals surface area contributed by atoms with Gasteiger partial charge in [0.25, 0.3) is 5.78 Å². The largest absolute Gasteiger partial charge is 0.507 e. The van der Waals surface area contributed by atoms with Crippen molar-refractivity contribution in [2.45, 2.75) is 13.0 Å². The summed E-state index contributed by atoms with van der Waals surface area (Å²) in [6.45, 7) is 1.99. The standard InChI is InChI=1S/C26H19BrN2O4S/c1-14-6-11-19-20(12-14)34-26(28-19)29-22(16-4-3-5-17(27)13-16)21(24(31)25(29)32)23(30)15-7-9-18(33-2)10-8-15/h3-13,22,30H,1-2H3/b23-21+/t22-/m0/s1. The van der Waals surface area contributed by atoms with Crippen molar-refractivity contribution in [2.75, 3.05) is 12.0 Å². The highest BCUT2D eigenvalue weighted by atomic mass is 79.9. The molecule has 5 rings (SSSR count). The first-order valence-electron chi connectivity index (χ1n) is 10.5. The molecule has 4 aromatic rings. The van der Waals surface area contributed by atoms with Gasteiger partial charge in [-0.2, -0.15) is 0 Å². The van der Waals surface area contributed by atoms with Gasteiger partial charge in [0, 0.05) is 10.0 Å². The van der Waals surface area contributed by atoms with Gasteiger partial charge in [-0.1, -0.05) is 45.5 Å². The molecule has 1 amide bonds. The van der Waals surface area contributed by atoms with E-state index in [-0.39, 0.29) is 11.3 Å². The zero-order chi connectivity index (χ0) is 24.0. The number of thiazole rings is 1. The van der Waals surface area contributed by atoms with E-state index in [1.807, 2.05) is 49.4 Å². The molecular weight excluding hydrogens is 516 g/mol. The Morgan fingerprint density at radius 2 is 1.85 bits per heavy atom. The summed E-state index contributed by atoms with van der Waals surface area (Å²) in [5.74, 6) is -1.11. The highest BCUT2D eigenvalue weighted by Gasteiger charge is 2.48. The molecule has 34 heavy (non-hydrogen) atoms. The quantitative estimate of drug-likeness (QED) is 0.197. The van der Waals surface area contributed by atoms with Crippen molar-refractivity contribution in [3.05, 3.63) is 93.5 Å². The molecule has 0 aliphatic carbocycles. The van der Waals surface area contributed by atoms with Crippen molar-refractivity contribution < 1.29 is 19.4 Å². The van der Waals surface area contributed by atoms with Crippen molar-refractivity contribution in [3.8, 4) is 5.75 Å². The number of hydrogen-bond acceptors (Lipinski definition) is 6. The highest BCUT2D eigenvalue weighted by molar-refractivity contribution is 9.10. The maximum atomic E-state index is 13.3. The van der Waals surface area contributed by atoms with Gasteiger partial charge in [-0.15, -0.1) is 0 Å². The molecule has 0 bridgehead atoms. The molecule has 170 valence electrons. The van der Waals surface area contributed by atoms with Gasteiger partial charge in [-0.3, -0.25) is 14.5 Å². The Kier molecular flexibility index (Phi) is 5.71. The third kappa shape index (κ3) is 3.78. The Hall–Kier alpha value is -3.49. The summed E-state index contributed by atoms with van der Waals surface area (Å²) in [5.41, 5.74) is 2.94. The van der Waals surface area contributed by atoms with E-state index in [1.54, 1.807) is 31.4 Å². The van der Waals surface area contributed by atoms with Crippen molar-refractivity contribution in [1.82, 2.24) is 4.98 Å². The number of methoxy groups -OCH3 is 1. The van der Waals surface area contributed by atoms with Crippen molar-refractivity contribution in [2.24, 2.45) is 0 Å². The Balaban J connectivity index is 1.72. The summed E-state index contributed by atoms with van der Waals surface area (Å²) in [5, 5.41) is 11.6. The van der Waals surface area contributed by atoms with Crippen LogP contribution in [0.3, 0.4) is 0 Å². The normalized spacial score (nSPS) is 17.5. The molecule has 1 N–H and O–H groups in total. The third-order valence-electron chi connectivity index (χ3n) is 5.71. The second-order valence-corrected chi connectivity index (χ2v) is 9.84. The number of hydrogen-bond donors (Lipinski definition) is 1. The summed E-state index contributed by atoms with van der Waals surface area (Å²) in [7, 11) is 1.55. The molecule has 1 saturated heterocycles. The summed E-state index contributed by atoms with van der Waals surface area (Å²) in [4.78, 5) is 32.7. The van der Waals surface area contributed by atoms with Crippen LogP contribution in [-0.2, 0) is 9.59 Å². The molecule has 0 radical (unpaired) electrons. The number of carbonyl (C=O) groups excluding carboxylic acids is 2. The van der Waals surface area contributed by atoms with Crippen LogP contribution in [-0.4, -0.2) is 28.9 Å². The Bertz CT molecular complexity index is 1480. The SMILES string of the molecule is COc1ccc(/C(O)=C2\C(=O)C(=O)N(c3nc4ccc(C)cc4s3)[C@H]2c2cccc(Br)c2)cc1. The summed E-state index contributed by atoms with van der Waals surface area (Å²) >= 11 is 4.82. The molecule has 6 nitrogen and oxygen atoms in total. The van der Waals surface area contributed by atoms with E-state index in [0.29, 0.717) is 22.0 Å². The van der Waals surface area contributed by atoms with Crippen LogP contribution in [0, 0.1) is 6.92 Å². The lowest BCUT2D eigenvalue weighted by Gasteiger charge is -2.23. The van der Waals surface area contributed by atoms with E-state index in [2.05, 4.69) is 20.9 Å². The van der Waals surface area contributed by atoms with Gasteiger partial charge in [0.05, 0.1) is 28.9 Å².